The number of aromatic nitrogens is 2. The number of benzene rings is 2. The van der Waals surface area contributed by atoms with Crippen molar-refractivity contribution in [3.63, 3.8) is 0 Å². The Kier molecular flexibility index (Phi) is 6.20. The number of ether oxygens (including phenoxy) is 1. The zero-order valence-corrected chi connectivity index (χ0v) is 22.3. The highest BCUT2D eigenvalue weighted by atomic mass is 79.9. The summed E-state index contributed by atoms with van der Waals surface area (Å²) < 4.78 is 7.29. The lowest BCUT2D eigenvalue weighted by Gasteiger charge is -2.24. The number of Topliss-reactive ketones (excluding diaryl/α,β-unsaturated/α-hetero) is 1. The molecule has 178 valence electrons. The average molecular weight is 570 g/mol. The number of carbonyl (C=O) groups excluding carboxylic acids is 2. The van der Waals surface area contributed by atoms with E-state index >= 15 is 0 Å². The molecule has 3 heterocycles. The lowest BCUT2D eigenvalue weighted by molar-refractivity contribution is -0.117. The largest absolute Gasteiger partial charge is 0.503 e. The molecule has 1 aliphatic heterocycles. The van der Waals surface area contributed by atoms with E-state index in [-0.39, 0.29) is 5.57 Å². The number of nitrogens with zero attached hydrogens (tertiary/aromatic N) is 3. The van der Waals surface area contributed by atoms with Crippen LogP contribution in [0.4, 0.5) is 5.13 Å². The Labute approximate surface area is 217 Å². The molecular formula is C25H20BrN3O4S2. The quantitative estimate of drug-likeness (QED) is 0.273. The van der Waals surface area contributed by atoms with Gasteiger partial charge in [0.2, 0.25) is 5.78 Å². The summed E-state index contributed by atoms with van der Waals surface area (Å²) in [5.74, 6) is -0.929. The van der Waals surface area contributed by atoms with E-state index in [2.05, 4.69) is 25.9 Å². The van der Waals surface area contributed by atoms with Crippen LogP contribution in [-0.4, -0.2) is 33.4 Å². The smallest absolute Gasteiger partial charge is 0.296 e. The molecule has 35 heavy (non-hydrogen) atoms. The second-order valence-electron chi connectivity index (χ2n) is 7.93. The lowest BCUT2D eigenvalue weighted by atomic mass is 9.95. The van der Waals surface area contributed by atoms with Gasteiger partial charge >= 0.3 is 0 Å². The maximum atomic E-state index is 13.7. The number of aliphatic hydroxyl groups is 1. The summed E-state index contributed by atoms with van der Waals surface area (Å²) >= 11 is 5.99. The van der Waals surface area contributed by atoms with Gasteiger partial charge in [-0.25, -0.2) is 9.97 Å². The molecule has 0 aliphatic carbocycles. The predicted molar refractivity (Wildman–Crippen MR) is 141 cm³/mol. The maximum Gasteiger partial charge on any atom is 0.296 e. The first kappa shape index (κ1) is 23.7. The minimum atomic E-state index is -0.836. The summed E-state index contributed by atoms with van der Waals surface area (Å²) in [7, 11) is 0. The van der Waals surface area contributed by atoms with Gasteiger partial charge in [-0.1, -0.05) is 39.4 Å². The van der Waals surface area contributed by atoms with Crippen molar-refractivity contribution in [3.8, 4) is 5.75 Å². The topological polar surface area (TPSA) is 92.6 Å². The number of thiazole rings is 2. The number of aliphatic hydroxyl groups excluding tert-OH is 1. The Morgan fingerprint density at radius 1 is 1.14 bits per heavy atom. The molecule has 10 heteroatoms. The van der Waals surface area contributed by atoms with Crippen LogP contribution in [0.5, 0.6) is 5.75 Å². The van der Waals surface area contributed by atoms with Crippen molar-refractivity contribution < 1.29 is 19.4 Å². The van der Waals surface area contributed by atoms with Crippen LogP contribution >= 0.6 is 38.6 Å². The Hall–Kier alpha value is -3.08. The van der Waals surface area contributed by atoms with Gasteiger partial charge in [0.25, 0.3) is 5.91 Å². The van der Waals surface area contributed by atoms with E-state index in [1.165, 1.54) is 27.6 Å². The Bertz CT molecular complexity index is 1510. The summed E-state index contributed by atoms with van der Waals surface area (Å²) in [5, 5.41) is 12.1. The fraction of sp³-hybridized carbons (Fsp3) is 0.200. The molecule has 1 aliphatic rings. The molecule has 1 N–H and O–H groups in total. The van der Waals surface area contributed by atoms with Crippen molar-refractivity contribution in [2.75, 3.05) is 11.5 Å². The highest BCUT2D eigenvalue weighted by Gasteiger charge is 2.46. The van der Waals surface area contributed by atoms with Crippen LogP contribution in [0.15, 0.2) is 58.3 Å². The fourth-order valence-corrected chi connectivity index (χ4v) is 6.27. The summed E-state index contributed by atoms with van der Waals surface area (Å²) in [5.41, 5.74) is 1.98. The molecule has 1 unspecified atom stereocenters. The number of anilines is 1. The number of aryl methyl sites for hydroxylation is 2. The van der Waals surface area contributed by atoms with Crippen LogP contribution < -0.4 is 9.64 Å². The van der Waals surface area contributed by atoms with E-state index in [1.807, 2.05) is 56.3 Å². The van der Waals surface area contributed by atoms with Crippen molar-refractivity contribution in [2.45, 2.75) is 26.8 Å². The number of rotatable bonds is 6. The van der Waals surface area contributed by atoms with E-state index in [0.29, 0.717) is 39.1 Å². The second-order valence-corrected chi connectivity index (χ2v) is 11.1. The van der Waals surface area contributed by atoms with E-state index < -0.39 is 23.5 Å². The summed E-state index contributed by atoms with van der Waals surface area (Å²) in [6.07, 6.45) is 0. The molecule has 1 amide bonds. The van der Waals surface area contributed by atoms with Gasteiger partial charge in [-0.2, -0.15) is 0 Å². The number of carbonyl (C=O) groups is 2. The zero-order valence-electron chi connectivity index (χ0n) is 19.0. The molecule has 2 aromatic heterocycles. The van der Waals surface area contributed by atoms with E-state index in [9.17, 15) is 14.7 Å². The second kappa shape index (κ2) is 9.18. The van der Waals surface area contributed by atoms with Crippen LogP contribution in [-0.2, 0) is 4.79 Å². The highest BCUT2D eigenvalue weighted by molar-refractivity contribution is 9.10. The third kappa shape index (κ3) is 4.15. The normalized spacial score (nSPS) is 15.9. The van der Waals surface area contributed by atoms with Gasteiger partial charge in [-0.3, -0.25) is 14.5 Å². The summed E-state index contributed by atoms with van der Waals surface area (Å²) in [6, 6.07) is 12.0. The number of halogens is 1. The van der Waals surface area contributed by atoms with Gasteiger partial charge in [-0.15, -0.1) is 11.3 Å². The van der Waals surface area contributed by atoms with Crippen LogP contribution in [0.1, 0.15) is 38.9 Å². The molecule has 7 nitrogen and oxygen atoms in total. The molecule has 0 spiro atoms. The lowest BCUT2D eigenvalue weighted by Crippen LogP contribution is -2.30. The number of hydrogen-bond acceptors (Lipinski definition) is 8. The van der Waals surface area contributed by atoms with Gasteiger partial charge in [0.05, 0.1) is 44.0 Å². The minimum absolute atomic E-state index is 0.0262. The molecular weight excluding hydrogens is 550 g/mol. The van der Waals surface area contributed by atoms with Crippen LogP contribution in [0.3, 0.4) is 0 Å². The Morgan fingerprint density at radius 2 is 1.89 bits per heavy atom. The van der Waals surface area contributed by atoms with Crippen molar-refractivity contribution in [3.05, 3.63) is 79.4 Å². The third-order valence-electron chi connectivity index (χ3n) is 5.61. The third-order valence-corrected chi connectivity index (χ3v) is 8.23. The molecule has 4 aromatic rings. The van der Waals surface area contributed by atoms with Gasteiger partial charge in [0.1, 0.15) is 5.75 Å². The van der Waals surface area contributed by atoms with Crippen LogP contribution in [0.25, 0.3) is 10.2 Å². The van der Waals surface area contributed by atoms with Crippen LogP contribution in [0, 0.1) is 13.8 Å². The number of ketones is 1. The van der Waals surface area contributed by atoms with E-state index in [1.54, 1.807) is 6.92 Å². The molecule has 0 saturated carbocycles. The average Bonchev–Trinajstić information content (AvgIpc) is 3.47. The first-order chi connectivity index (χ1) is 16.8. The minimum Gasteiger partial charge on any atom is -0.503 e. The van der Waals surface area contributed by atoms with Gasteiger partial charge in [0, 0.05) is 4.47 Å². The standard InChI is InChI=1S/C25H20BrN3O4S2/c1-4-33-16-9-10-17-18(11-16)35-25(28-17)29-20(14-5-7-15(26)8-6-14)19(22(31)24(29)32)21(30)23-12(2)27-13(3)34-23/h5-11,20,31H,4H2,1-3H3. The predicted octanol–water partition coefficient (Wildman–Crippen LogP) is 6.31. The van der Waals surface area contributed by atoms with Gasteiger partial charge in [0.15, 0.2) is 10.9 Å². The molecule has 0 radical (unpaired) electrons. The number of amides is 1. The first-order valence-corrected chi connectivity index (χ1v) is 13.2. The van der Waals surface area contributed by atoms with Gasteiger partial charge < -0.3 is 9.84 Å². The number of fused-ring (bicyclic) bond motifs is 1. The van der Waals surface area contributed by atoms with Crippen molar-refractivity contribution in [2.24, 2.45) is 0 Å². The maximum absolute atomic E-state index is 13.7. The molecule has 5 rings (SSSR count). The zero-order chi connectivity index (χ0) is 24.9. The Balaban J connectivity index is 1.65. The summed E-state index contributed by atoms with van der Waals surface area (Å²) in [6.45, 7) is 6.01. The monoisotopic (exact) mass is 569 g/mol. The van der Waals surface area contributed by atoms with E-state index in [4.69, 9.17) is 4.74 Å². The van der Waals surface area contributed by atoms with Crippen LogP contribution in [0.2, 0.25) is 0 Å². The Morgan fingerprint density at radius 3 is 2.54 bits per heavy atom. The fourth-order valence-electron chi connectivity index (χ4n) is 4.11. The van der Waals surface area contributed by atoms with Crippen molar-refractivity contribution in [1.29, 1.82) is 0 Å². The van der Waals surface area contributed by atoms with Gasteiger partial charge in [-0.05, 0) is 56.7 Å². The van der Waals surface area contributed by atoms with Crippen molar-refractivity contribution in [1.82, 2.24) is 9.97 Å². The molecule has 0 fully saturated rings. The highest BCUT2D eigenvalue weighted by Crippen LogP contribution is 2.45. The first-order valence-electron chi connectivity index (χ1n) is 10.8. The summed E-state index contributed by atoms with van der Waals surface area (Å²) in [4.78, 5) is 37.9. The molecule has 1 atom stereocenters. The van der Waals surface area contributed by atoms with Crippen molar-refractivity contribution >= 4 is 65.6 Å². The van der Waals surface area contributed by atoms with E-state index in [0.717, 1.165) is 14.2 Å². The molecule has 0 saturated heterocycles. The molecule has 2 aromatic carbocycles. The number of hydrogen-bond donors (Lipinski definition) is 1. The molecule has 0 bridgehead atoms. The SMILES string of the molecule is CCOc1ccc2nc(N3C(=O)C(O)=C(C(=O)c4sc(C)nc4C)C3c3ccc(Br)cc3)sc2c1.